The minimum atomic E-state index is -2.90. The fourth-order valence-electron chi connectivity index (χ4n) is 3.12. The first kappa shape index (κ1) is 20.3. The normalized spacial score (nSPS) is 11.0. The summed E-state index contributed by atoms with van der Waals surface area (Å²) in [4.78, 5) is 17.3. The van der Waals surface area contributed by atoms with Gasteiger partial charge in [0.1, 0.15) is 23.8 Å². The molecule has 0 aliphatic rings. The molecule has 4 rings (SSSR count). The van der Waals surface area contributed by atoms with Crippen LogP contribution in [-0.2, 0) is 6.61 Å². The lowest BCUT2D eigenvalue weighted by Gasteiger charge is -2.11. The molecule has 0 fully saturated rings. The van der Waals surface area contributed by atoms with Crippen LogP contribution in [-0.4, -0.2) is 21.9 Å². The van der Waals surface area contributed by atoms with Crippen molar-refractivity contribution >= 4 is 17.2 Å². The Balaban J connectivity index is 1.46. The van der Waals surface area contributed by atoms with Crippen molar-refractivity contribution < 1.29 is 23.0 Å². The van der Waals surface area contributed by atoms with Gasteiger partial charge < -0.3 is 19.2 Å². The number of ether oxygens (including phenoxy) is 2. The number of hydrogen-bond donors (Lipinski definition) is 1. The highest BCUT2D eigenvalue weighted by atomic mass is 19.3. The van der Waals surface area contributed by atoms with Crippen LogP contribution in [0.3, 0.4) is 0 Å². The summed E-state index contributed by atoms with van der Waals surface area (Å²) in [5.41, 5.74) is 3.43. The van der Waals surface area contributed by atoms with E-state index in [1.165, 1.54) is 24.3 Å². The molecule has 158 valence electrons. The molecule has 0 radical (unpaired) electrons. The summed E-state index contributed by atoms with van der Waals surface area (Å²) in [7, 11) is 0. The first-order valence-corrected chi connectivity index (χ1v) is 9.51. The molecule has 1 N–H and O–H groups in total. The third-order valence-electron chi connectivity index (χ3n) is 4.57. The van der Waals surface area contributed by atoms with Crippen molar-refractivity contribution in [1.29, 1.82) is 0 Å². The Kier molecular flexibility index (Phi) is 5.79. The van der Waals surface area contributed by atoms with Crippen LogP contribution in [0.4, 0.5) is 14.5 Å². The molecule has 31 heavy (non-hydrogen) atoms. The largest absolute Gasteiger partial charge is 0.486 e. The Morgan fingerprint density at radius 1 is 1.10 bits per heavy atom. The molecular formula is C23H19F2N3O3. The Morgan fingerprint density at radius 3 is 2.61 bits per heavy atom. The van der Waals surface area contributed by atoms with Gasteiger partial charge in [0.25, 0.3) is 5.91 Å². The molecule has 0 atom stereocenters. The van der Waals surface area contributed by atoms with Gasteiger partial charge in [-0.15, -0.1) is 0 Å². The Hall–Kier alpha value is -3.94. The van der Waals surface area contributed by atoms with Gasteiger partial charge in [-0.3, -0.25) is 4.79 Å². The van der Waals surface area contributed by atoms with Crippen LogP contribution in [0.1, 0.15) is 21.6 Å². The van der Waals surface area contributed by atoms with Crippen LogP contribution in [0.15, 0.2) is 73.1 Å². The fraction of sp³-hybridized carbons (Fsp3) is 0.130. The number of amides is 1. The topological polar surface area (TPSA) is 64.9 Å². The number of rotatable bonds is 7. The maximum Gasteiger partial charge on any atom is 0.387 e. The third kappa shape index (κ3) is 4.80. The highest BCUT2D eigenvalue weighted by Crippen LogP contribution is 2.23. The number of alkyl halides is 2. The summed E-state index contributed by atoms with van der Waals surface area (Å²) < 4.78 is 36.6. The average Bonchev–Trinajstić information content (AvgIpc) is 3.18. The first-order valence-electron chi connectivity index (χ1n) is 9.51. The number of halogens is 2. The van der Waals surface area contributed by atoms with Gasteiger partial charge in [-0.1, -0.05) is 18.2 Å². The fourth-order valence-corrected chi connectivity index (χ4v) is 3.12. The van der Waals surface area contributed by atoms with E-state index >= 15 is 0 Å². The molecule has 4 aromatic rings. The molecule has 0 unspecified atom stereocenters. The number of carbonyl (C=O) groups excluding carboxylic acids is 1. The van der Waals surface area contributed by atoms with Crippen molar-refractivity contribution in [2.45, 2.75) is 20.1 Å². The molecule has 0 saturated heterocycles. The van der Waals surface area contributed by atoms with Gasteiger partial charge in [0.05, 0.1) is 11.3 Å². The predicted octanol–water partition coefficient (Wildman–Crippen LogP) is 5.08. The molecule has 0 spiro atoms. The van der Waals surface area contributed by atoms with Gasteiger partial charge in [-0.25, -0.2) is 4.98 Å². The lowest BCUT2D eigenvalue weighted by molar-refractivity contribution is -0.0498. The highest BCUT2D eigenvalue weighted by molar-refractivity contribution is 6.06. The number of aromatic nitrogens is 2. The number of nitrogens with one attached hydrogen (secondary N) is 1. The van der Waals surface area contributed by atoms with Gasteiger partial charge in [-0.2, -0.15) is 8.78 Å². The van der Waals surface area contributed by atoms with E-state index in [9.17, 15) is 13.6 Å². The number of fused-ring (bicyclic) bond motifs is 1. The lowest BCUT2D eigenvalue weighted by atomic mass is 10.2. The number of hydrogen-bond acceptors (Lipinski definition) is 4. The van der Waals surface area contributed by atoms with E-state index in [0.717, 1.165) is 16.9 Å². The van der Waals surface area contributed by atoms with E-state index in [1.54, 1.807) is 24.3 Å². The molecule has 0 aliphatic carbocycles. The number of imidazole rings is 1. The summed E-state index contributed by atoms with van der Waals surface area (Å²) in [6.07, 6.45) is 3.80. The number of nitrogens with zero attached hydrogens (tertiary/aromatic N) is 2. The maximum absolute atomic E-state index is 12.7. The standard InChI is InChI=1S/C23H19F2N3O3/c1-15-5-4-12-28-13-17(26-21(15)28)14-30-20-7-3-2-6-19(20)22(29)27-16-8-10-18(11-9-16)31-23(24)25/h2-13,23H,14H2,1H3,(H,27,29). The molecule has 0 aliphatic heterocycles. The minimum Gasteiger partial charge on any atom is -0.486 e. The predicted molar refractivity (Wildman–Crippen MR) is 112 cm³/mol. The molecule has 1 amide bonds. The second-order valence-corrected chi connectivity index (χ2v) is 6.80. The average molecular weight is 423 g/mol. The zero-order valence-corrected chi connectivity index (χ0v) is 16.6. The maximum atomic E-state index is 12.7. The van der Waals surface area contributed by atoms with Crippen LogP contribution in [0.5, 0.6) is 11.5 Å². The van der Waals surface area contributed by atoms with Crippen molar-refractivity contribution in [1.82, 2.24) is 9.38 Å². The number of pyridine rings is 1. The number of benzene rings is 2. The van der Waals surface area contributed by atoms with E-state index < -0.39 is 6.61 Å². The van der Waals surface area contributed by atoms with Gasteiger partial charge in [0.2, 0.25) is 0 Å². The highest BCUT2D eigenvalue weighted by Gasteiger charge is 2.14. The van der Waals surface area contributed by atoms with Crippen molar-refractivity contribution in [2.24, 2.45) is 0 Å². The number of anilines is 1. The third-order valence-corrected chi connectivity index (χ3v) is 4.57. The molecule has 0 bridgehead atoms. The van der Waals surface area contributed by atoms with E-state index in [1.807, 2.05) is 35.9 Å². The van der Waals surface area contributed by atoms with Crippen LogP contribution in [0.2, 0.25) is 0 Å². The molecule has 0 saturated carbocycles. The summed E-state index contributed by atoms with van der Waals surface area (Å²) in [6.45, 7) is -0.717. The lowest BCUT2D eigenvalue weighted by Crippen LogP contribution is -2.13. The Labute approximate surface area is 177 Å². The minimum absolute atomic E-state index is 0.0134. The number of aryl methyl sites for hydroxylation is 1. The molecule has 6 nitrogen and oxygen atoms in total. The zero-order valence-electron chi connectivity index (χ0n) is 16.6. The molecule has 2 heterocycles. The second-order valence-electron chi connectivity index (χ2n) is 6.80. The molecule has 2 aromatic carbocycles. The molecule has 2 aromatic heterocycles. The van der Waals surface area contributed by atoms with Crippen molar-refractivity contribution in [3.8, 4) is 11.5 Å². The van der Waals surface area contributed by atoms with Crippen LogP contribution < -0.4 is 14.8 Å². The summed E-state index contributed by atoms with van der Waals surface area (Å²) in [5, 5.41) is 2.72. The Bertz CT molecular complexity index is 1210. The van der Waals surface area contributed by atoms with Crippen LogP contribution >= 0.6 is 0 Å². The van der Waals surface area contributed by atoms with E-state index in [-0.39, 0.29) is 18.3 Å². The van der Waals surface area contributed by atoms with E-state index in [0.29, 0.717) is 17.0 Å². The quantitative estimate of drug-likeness (QED) is 0.451. The Morgan fingerprint density at radius 2 is 1.87 bits per heavy atom. The van der Waals surface area contributed by atoms with Crippen molar-refractivity contribution in [3.05, 3.63) is 89.9 Å². The van der Waals surface area contributed by atoms with Gasteiger partial charge in [-0.05, 0) is 55.0 Å². The zero-order chi connectivity index (χ0) is 21.8. The van der Waals surface area contributed by atoms with Gasteiger partial charge in [0.15, 0.2) is 0 Å². The van der Waals surface area contributed by atoms with Crippen molar-refractivity contribution in [3.63, 3.8) is 0 Å². The van der Waals surface area contributed by atoms with Crippen molar-refractivity contribution in [2.75, 3.05) is 5.32 Å². The first-order chi connectivity index (χ1) is 15.0. The van der Waals surface area contributed by atoms with Gasteiger partial charge in [0, 0.05) is 18.1 Å². The van der Waals surface area contributed by atoms with Gasteiger partial charge >= 0.3 is 6.61 Å². The van der Waals surface area contributed by atoms with Crippen LogP contribution in [0.25, 0.3) is 5.65 Å². The monoisotopic (exact) mass is 423 g/mol. The molecule has 8 heteroatoms. The SMILES string of the molecule is Cc1cccn2cc(COc3ccccc3C(=O)Nc3ccc(OC(F)F)cc3)nc12. The summed E-state index contributed by atoms with van der Waals surface area (Å²) >= 11 is 0. The van der Waals surface area contributed by atoms with E-state index in [2.05, 4.69) is 15.0 Å². The smallest absolute Gasteiger partial charge is 0.387 e. The molecular weight excluding hydrogens is 404 g/mol. The number of para-hydroxylation sites is 1. The second kappa shape index (κ2) is 8.83. The number of carbonyl (C=O) groups is 1. The summed E-state index contributed by atoms with van der Waals surface area (Å²) in [6, 6.07) is 16.5. The van der Waals surface area contributed by atoms with E-state index in [4.69, 9.17) is 4.74 Å². The summed E-state index contributed by atoms with van der Waals surface area (Å²) in [5.74, 6) is 0.0369. The van der Waals surface area contributed by atoms with Crippen LogP contribution in [0, 0.1) is 6.92 Å².